The van der Waals surface area contributed by atoms with E-state index in [1.165, 1.54) is 11.3 Å². The van der Waals surface area contributed by atoms with E-state index in [-0.39, 0.29) is 6.42 Å². The van der Waals surface area contributed by atoms with Crippen molar-refractivity contribution in [3.8, 4) is 33.3 Å². The zero-order chi connectivity index (χ0) is 26.3. The van der Waals surface area contributed by atoms with Crippen molar-refractivity contribution >= 4 is 17.3 Å². The van der Waals surface area contributed by atoms with Gasteiger partial charge in [0, 0.05) is 54.1 Å². The van der Waals surface area contributed by atoms with Gasteiger partial charge in [-0.25, -0.2) is 4.98 Å². The summed E-state index contributed by atoms with van der Waals surface area (Å²) in [6.45, 7) is 0.299. The Balaban J connectivity index is 1.36. The van der Waals surface area contributed by atoms with Crippen molar-refractivity contribution in [2.75, 3.05) is 7.11 Å². The number of rotatable bonds is 11. The third kappa shape index (κ3) is 6.07. The van der Waals surface area contributed by atoms with Gasteiger partial charge in [-0.15, -0.1) is 11.3 Å². The number of nitrogens with zero attached hydrogens (tertiary/aromatic N) is 3. The molecule has 0 amide bonds. The fourth-order valence-corrected chi connectivity index (χ4v) is 5.01. The normalized spacial score (nSPS) is 10.9. The number of nitrogens with one attached hydrogen (secondary N) is 1. The SMILES string of the molecule is COc1cc(Cc2[nH]cc(-c3ccccc3)c2CCC(=O)O)cc(OCc2csc(-c3cnccn3)n2)c1. The van der Waals surface area contributed by atoms with E-state index >= 15 is 0 Å². The van der Waals surface area contributed by atoms with Crippen LogP contribution in [0.3, 0.4) is 0 Å². The second kappa shape index (κ2) is 11.7. The van der Waals surface area contributed by atoms with E-state index in [1.807, 2.05) is 60.1 Å². The third-order valence-corrected chi connectivity index (χ3v) is 6.94. The van der Waals surface area contributed by atoms with Crippen molar-refractivity contribution in [1.82, 2.24) is 19.9 Å². The number of hydrogen-bond acceptors (Lipinski definition) is 7. The molecule has 0 fully saturated rings. The Bertz CT molecular complexity index is 1520. The highest BCUT2D eigenvalue weighted by Gasteiger charge is 2.16. The molecule has 0 saturated heterocycles. The summed E-state index contributed by atoms with van der Waals surface area (Å²) in [7, 11) is 1.62. The molecule has 9 heteroatoms. The van der Waals surface area contributed by atoms with Crippen LogP contribution in [-0.2, 0) is 24.2 Å². The first kappa shape index (κ1) is 25.2. The lowest BCUT2D eigenvalue weighted by Crippen LogP contribution is -2.02. The number of aromatic amines is 1. The molecule has 0 aliphatic rings. The number of carboxylic acid groups (broad SMARTS) is 1. The minimum absolute atomic E-state index is 0.0569. The van der Waals surface area contributed by atoms with Gasteiger partial charge in [0.1, 0.15) is 28.8 Å². The smallest absolute Gasteiger partial charge is 0.303 e. The molecule has 0 atom stereocenters. The first-order valence-corrected chi connectivity index (χ1v) is 12.9. The van der Waals surface area contributed by atoms with Gasteiger partial charge in [-0.05, 0) is 35.2 Å². The molecule has 0 saturated carbocycles. The van der Waals surface area contributed by atoms with Gasteiger partial charge in [0.15, 0.2) is 0 Å². The fraction of sp³-hybridized carbons (Fsp3) is 0.172. The first-order valence-electron chi connectivity index (χ1n) is 12.1. The molecule has 0 radical (unpaired) electrons. The summed E-state index contributed by atoms with van der Waals surface area (Å²) in [5, 5.41) is 12.1. The van der Waals surface area contributed by atoms with Crippen molar-refractivity contribution in [2.45, 2.75) is 25.9 Å². The van der Waals surface area contributed by atoms with Crippen molar-refractivity contribution in [3.63, 3.8) is 0 Å². The number of hydrogen-bond donors (Lipinski definition) is 2. The molecule has 5 aromatic rings. The van der Waals surface area contributed by atoms with Crippen LogP contribution in [0.4, 0.5) is 0 Å². The summed E-state index contributed by atoms with van der Waals surface area (Å²) < 4.78 is 11.6. The van der Waals surface area contributed by atoms with Gasteiger partial charge in [0.05, 0.1) is 19.0 Å². The molecule has 0 bridgehead atoms. The number of aromatic nitrogens is 4. The van der Waals surface area contributed by atoms with Crippen LogP contribution < -0.4 is 9.47 Å². The van der Waals surface area contributed by atoms with Crippen molar-refractivity contribution in [1.29, 1.82) is 0 Å². The lowest BCUT2D eigenvalue weighted by atomic mass is 9.96. The Kier molecular flexibility index (Phi) is 7.75. The summed E-state index contributed by atoms with van der Waals surface area (Å²) in [5.74, 6) is 0.519. The number of aliphatic carboxylic acids is 1. The molecule has 0 aliphatic heterocycles. The highest BCUT2D eigenvalue weighted by Crippen LogP contribution is 2.31. The maximum absolute atomic E-state index is 11.4. The number of thiazole rings is 1. The standard InChI is InChI=1S/C29H26N4O4S/c1-36-22-11-19(12-23(14-22)37-17-21-18-38-29(33-21)27-16-30-9-10-31-27)13-26-24(7-8-28(34)35)25(15-32-26)20-5-3-2-4-6-20/h2-6,9-12,14-16,18,32H,7-8,13,17H2,1H3,(H,34,35). The largest absolute Gasteiger partial charge is 0.497 e. The fourth-order valence-electron chi connectivity index (χ4n) is 4.24. The van der Waals surface area contributed by atoms with Gasteiger partial charge in [0.25, 0.3) is 0 Å². The van der Waals surface area contributed by atoms with Gasteiger partial charge in [0.2, 0.25) is 0 Å². The molecule has 8 nitrogen and oxygen atoms in total. The highest BCUT2D eigenvalue weighted by atomic mass is 32.1. The first-order chi connectivity index (χ1) is 18.6. The van der Waals surface area contributed by atoms with E-state index < -0.39 is 5.97 Å². The van der Waals surface area contributed by atoms with E-state index in [0.717, 1.165) is 44.3 Å². The number of ether oxygens (including phenoxy) is 2. The Hall–Kier alpha value is -4.50. The third-order valence-electron chi connectivity index (χ3n) is 6.03. The van der Waals surface area contributed by atoms with E-state index in [9.17, 15) is 9.90 Å². The Morgan fingerprint density at radius 1 is 1.11 bits per heavy atom. The average Bonchev–Trinajstić information content (AvgIpc) is 3.59. The average molecular weight is 527 g/mol. The van der Waals surface area contributed by atoms with Crippen molar-refractivity contribution < 1.29 is 19.4 Å². The van der Waals surface area contributed by atoms with Crippen molar-refractivity contribution in [2.24, 2.45) is 0 Å². The molecular formula is C29H26N4O4S. The summed E-state index contributed by atoms with van der Waals surface area (Å²) in [5.41, 5.74) is 6.55. The van der Waals surface area contributed by atoms with Gasteiger partial charge < -0.3 is 19.6 Å². The Morgan fingerprint density at radius 3 is 2.71 bits per heavy atom. The van der Waals surface area contributed by atoms with Gasteiger partial charge in [-0.3, -0.25) is 14.8 Å². The van der Waals surface area contributed by atoms with Crippen LogP contribution in [0.15, 0.2) is 78.7 Å². The molecule has 2 N–H and O–H groups in total. The predicted octanol–water partition coefficient (Wildman–Crippen LogP) is 5.79. The molecule has 0 aliphatic carbocycles. The van der Waals surface area contributed by atoms with Crippen molar-refractivity contribution in [3.05, 3.63) is 101 Å². The van der Waals surface area contributed by atoms with Crippen LogP contribution in [0.1, 0.15) is 28.9 Å². The number of benzene rings is 2. The van der Waals surface area contributed by atoms with E-state index in [0.29, 0.717) is 30.9 Å². The number of H-pyrrole nitrogens is 1. The molecular weight excluding hydrogens is 500 g/mol. The minimum Gasteiger partial charge on any atom is -0.497 e. The maximum Gasteiger partial charge on any atom is 0.303 e. The molecule has 3 heterocycles. The summed E-state index contributed by atoms with van der Waals surface area (Å²) in [6.07, 6.45) is 7.98. The molecule has 3 aromatic heterocycles. The predicted molar refractivity (Wildman–Crippen MR) is 145 cm³/mol. The second-order valence-corrected chi connectivity index (χ2v) is 9.49. The van der Waals surface area contributed by atoms with Crippen LogP contribution in [0, 0.1) is 0 Å². The van der Waals surface area contributed by atoms with Gasteiger partial charge >= 0.3 is 5.97 Å². The summed E-state index contributed by atoms with van der Waals surface area (Å²) in [6, 6.07) is 15.8. The Morgan fingerprint density at radius 2 is 1.95 bits per heavy atom. The Labute approximate surface area is 224 Å². The number of methoxy groups -OCH3 is 1. The molecule has 2 aromatic carbocycles. The summed E-state index contributed by atoms with van der Waals surface area (Å²) >= 11 is 1.49. The van der Waals surface area contributed by atoms with Crippen LogP contribution in [0.25, 0.3) is 21.8 Å². The second-order valence-electron chi connectivity index (χ2n) is 8.64. The van der Waals surface area contributed by atoms with E-state index in [1.54, 1.807) is 25.7 Å². The maximum atomic E-state index is 11.4. The van der Waals surface area contributed by atoms with Crippen LogP contribution >= 0.6 is 11.3 Å². The highest BCUT2D eigenvalue weighted by molar-refractivity contribution is 7.13. The number of carboxylic acids is 1. The summed E-state index contributed by atoms with van der Waals surface area (Å²) in [4.78, 5) is 27.8. The zero-order valence-electron chi connectivity index (χ0n) is 20.8. The van der Waals surface area contributed by atoms with Gasteiger partial charge in [-0.1, -0.05) is 30.3 Å². The lowest BCUT2D eigenvalue weighted by molar-refractivity contribution is -0.136. The van der Waals surface area contributed by atoms with E-state index in [2.05, 4.69) is 19.9 Å². The van der Waals surface area contributed by atoms with Crippen LogP contribution in [0.2, 0.25) is 0 Å². The molecule has 192 valence electrons. The molecule has 0 unspecified atom stereocenters. The monoisotopic (exact) mass is 526 g/mol. The quantitative estimate of drug-likeness (QED) is 0.224. The minimum atomic E-state index is -0.822. The molecule has 0 spiro atoms. The lowest BCUT2D eigenvalue weighted by Gasteiger charge is -2.11. The topological polar surface area (TPSA) is 110 Å². The molecule has 5 rings (SSSR count). The zero-order valence-corrected chi connectivity index (χ0v) is 21.6. The molecule has 38 heavy (non-hydrogen) atoms. The van der Waals surface area contributed by atoms with E-state index in [4.69, 9.17) is 9.47 Å². The van der Waals surface area contributed by atoms with Crippen LogP contribution in [-0.4, -0.2) is 38.1 Å². The van der Waals surface area contributed by atoms with Gasteiger partial charge in [-0.2, -0.15) is 0 Å². The van der Waals surface area contributed by atoms with Crippen LogP contribution in [0.5, 0.6) is 11.5 Å². The number of carbonyl (C=O) groups is 1.